The van der Waals surface area contributed by atoms with E-state index in [4.69, 9.17) is 4.74 Å². The van der Waals surface area contributed by atoms with Gasteiger partial charge in [-0.15, -0.1) is 0 Å². The quantitative estimate of drug-likeness (QED) is 0.640. The molecule has 0 spiro atoms. The smallest absolute Gasteiger partial charge is 0.345 e. The van der Waals surface area contributed by atoms with Gasteiger partial charge in [-0.05, 0) is 75.2 Å². The first-order valence-electron chi connectivity index (χ1n) is 9.36. The molecular formula is C22H24N4O3. The first-order chi connectivity index (χ1) is 13.9. The topological polar surface area (TPSA) is 88.5 Å². The number of ether oxygens (including phenoxy) is 1. The van der Waals surface area contributed by atoms with Gasteiger partial charge in [0.1, 0.15) is 5.75 Å². The lowest BCUT2D eigenvalue weighted by Crippen LogP contribution is -2.18. The van der Waals surface area contributed by atoms with Gasteiger partial charge < -0.3 is 10.1 Å². The molecule has 0 bridgehead atoms. The second kappa shape index (κ2) is 8.60. The minimum Gasteiger partial charge on any atom is -0.494 e. The summed E-state index contributed by atoms with van der Waals surface area (Å²) in [6.07, 6.45) is 1.29. The van der Waals surface area contributed by atoms with Gasteiger partial charge in [-0.3, -0.25) is 9.89 Å². The summed E-state index contributed by atoms with van der Waals surface area (Å²) in [5.74, 6) is 0.726. The van der Waals surface area contributed by atoms with Crippen molar-refractivity contribution in [2.45, 2.75) is 27.7 Å². The second-order valence-corrected chi connectivity index (χ2v) is 6.71. The molecule has 0 saturated carbocycles. The Kier molecular flexibility index (Phi) is 5.97. The van der Waals surface area contributed by atoms with Crippen molar-refractivity contribution in [3.63, 3.8) is 0 Å². The molecule has 0 saturated heterocycles. The van der Waals surface area contributed by atoms with Gasteiger partial charge in [0, 0.05) is 17.6 Å². The normalized spacial score (nSPS) is 11.0. The Bertz CT molecular complexity index is 1110. The number of carbonyl (C=O) groups is 1. The fourth-order valence-corrected chi connectivity index (χ4v) is 2.84. The molecule has 0 unspecified atom stereocenters. The number of amides is 2. The van der Waals surface area contributed by atoms with Crippen molar-refractivity contribution < 1.29 is 9.53 Å². The highest BCUT2D eigenvalue weighted by atomic mass is 16.5. The molecule has 0 aliphatic rings. The highest BCUT2D eigenvalue weighted by Gasteiger charge is 2.12. The number of nitrogens with zero attached hydrogens (tertiary/aromatic N) is 2. The lowest BCUT2D eigenvalue weighted by molar-refractivity contribution is 0.259. The number of aromatic amines is 1. The van der Waals surface area contributed by atoms with Gasteiger partial charge in [0.05, 0.1) is 17.9 Å². The number of aromatic nitrogens is 2. The predicted molar refractivity (Wildman–Crippen MR) is 115 cm³/mol. The number of nitrogens with one attached hydrogen (secondary N) is 2. The first-order valence-corrected chi connectivity index (χ1v) is 9.36. The fraction of sp³-hybridized carbons (Fsp3) is 0.227. The minimum absolute atomic E-state index is 0.261. The van der Waals surface area contributed by atoms with Crippen LogP contribution in [-0.4, -0.2) is 28.6 Å². The van der Waals surface area contributed by atoms with E-state index in [1.165, 1.54) is 10.9 Å². The largest absolute Gasteiger partial charge is 0.494 e. The number of rotatable bonds is 5. The van der Waals surface area contributed by atoms with E-state index in [0.717, 1.165) is 22.6 Å². The Balaban J connectivity index is 1.76. The third-order valence-corrected chi connectivity index (χ3v) is 4.59. The van der Waals surface area contributed by atoms with E-state index in [0.29, 0.717) is 23.6 Å². The summed E-state index contributed by atoms with van der Waals surface area (Å²) in [7, 11) is 0. The lowest BCUT2D eigenvalue weighted by Gasteiger charge is -2.05. The van der Waals surface area contributed by atoms with Crippen LogP contribution in [0.2, 0.25) is 0 Å². The number of anilines is 1. The van der Waals surface area contributed by atoms with Crippen molar-refractivity contribution in [2.75, 3.05) is 11.9 Å². The molecule has 0 aliphatic carbocycles. The molecule has 1 aromatic heterocycles. The summed E-state index contributed by atoms with van der Waals surface area (Å²) in [5.41, 5.74) is 4.28. The van der Waals surface area contributed by atoms with Gasteiger partial charge in [0.25, 0.3) is 5.56 Å². The maximum atomic E-state index is 12.8. The molecule has 2 aromatic carbocycles. The van der Waals surface area contributed by atoms with E-state index in [1.54, 1.807) is 31.2 Å². The monoisotopic (exact) mass is 392 g/mol. The molecule has 7 heteroatoms. The first kappa shape index (κ1) is 20.1. The van der Waals surface area contributed by atoms with Crippen LogP contribution in [0.5, 0.6) is 5.75 Å². The third-order valence-electron chi connectivity index (χ3n) is 4.59. The highest BCUT2D eigenvalue weighted by Crippen LogP contribution is 2.16. The van der Waals surface area contributed by atoms with Crippen LogP contribution in [0.15, 0.2) is 52.3 Å². The predicted octanol–water partition coefficient (Wildman–Crippen LogP) is 4.14. The molecule has 2 amide bonds. The fourth-order valence-electron chi connectivity index (χ4n) is 2.84. The maximum absolute atomic E-state index is 12.8. The summed E-state index contributed by atoms with van der Waals surface area (Å²) in [5, 5.41) is 5.70. The Labute approximate surface area is 169 Å². The maximum Gasteiger partial charge on any atom is 0.345 e. The molecule has 1 heterocycles. The van der Waals surface area contributed by atoms with Gasteiger partial charge in [-0.1, -0.05) is 6.07 Å². The van der Waals surface area contributed by atoms with Crippen LogP contribution in [0.3, 0.4) is 0 Å². The molecule has 0 radical (unpaired) electrons. The van der Waals surface area contributed by atoms with Gasteiger partial charge >= 0.3 is 6.03 Å². The number of carbonyl (C=O) groups excluding carboxylic acids is 1. The Morgan fingerprint density at radius 3 is 2.52 bits per heavy atom. The Morgan fingerprint density at radius 1 is 1.14 bits per heavy atom. The van der Waals surface area contributed by atoms with Crippen LogP contribution in [0.1, 0.15) is 29.3 Å². The number of aryl methyl sites for hydroxylation is 3. The second-order valence-electron chi connectivity index (χ2n) is 6.71. The molecule has 150 valence electrons. The van der Waals surface area contributed by atoms with E-state index in [2.05, 4.69) is 15.4 Å². The zero-order valence-electron chi connectivity index (χ0n) is 16.9. The van der Waals surface area contributed by atoms with Crippen molar-refractivity contribution in [3.05, 3.63) is 75.2 Å². The molecular weight excluding hydrogens is 368 g/mol. The van der Waals surface area contributed by atoms with Gasteiger partial charge in [-0.2, -0.15) is 0 Å². The van der Waals surface area contributed by atoms with E-state index in [-0.39, 0.29) is 5.56 Å². The van der Waals surface area contributed by atoms with Crippen LogP contribution in [0.25, 0.3) is 5.69 Å². The van der Waals surface area contributed by atoms with Crippen molar-refractivity contribution in [2.24, 2.45) is 4.99 Å². The van der Waals surface area contributed by atoms with Crippen molar-refractivity contribution in [1.82, 2.24) is 9.78 Å². The van der Waals surface area contributed by atoms with Crippen molar-refractivity contribution in [3.8, 4) is 11.4 Å². The molecule has 0 atom stereocenters. The number of aliphatic imine (C=N–C) groups is 1. The molecule has 2 N–H and O–H groups in total. The Morgan fingerprint density at radius 2 is 1.86 bits per heavy atom. The Hall–Kier alpha value is -3.61. The molecule has 3 rings (SSSR count). The molecule has 0 aliphatic heterocycles. The molecule has 29 heavy (non-hydrogen) atoms. The summed E-state index contributed by atoms with van der Waals surface area (Å²) >= 11 is 0. The van der Waals surface area contributed by atoms with Crippen molar-refractivity contribution in [1.29, 1.82) is 0 Å². The summed E-state index contributed by atoms with van der Waals surface area (Å²) < 4.78 is 6.82. The lowest BCUT2D eigenvalue weighted by atomic mass is 10.1. The standard InChI is InChI=1S/C22H24N4O3/c1-5-29-19-10-7-17(8-11-19)24-22(28)23-13-20-16(4)25-26(21(20)27)18-9-6-14(2)15(3)12-18/h6-13,25H,5H2,1-4H3,(H,24,28)/b23-13+. The zero-order chi connectivity index (χ0) is 21.0. The number of hydrogen-bond acceptors (Lipinski definition) is 3. The summed E-state index contributed by atoms with van der Waals surface area (Å²) in [4.78, 5) is 28.7. The van der Waals surface area contributed by atoms with Gasteiger partial charge in [0.15, 0.2) is 0 Å². The molecule has 0 fully saturated rings. The number of benzene rings is 2. The third kappa shape index (κ3) is 4.63. The van der Waals surface area contributed by atoms with Crippen LogP contribution < -0.4 is 15.6 Å². The van der Waals surface area contributed by atoms with E-state index >= 15 is 0 Å². The van der Waals surface area contributed by atoms with Crippen molar-refractivity contribution >= 4 is 17.9 Å². The molecule has 7 nitrogen and oxygen atoms in total. The average Bonchev–Trinajstić information content (AvgIpc) is 2.98. The molecule has 3 aromatic rings. The minimum atomic E-state index is -0.563. The van der Waals surface area contributed by atoms with Gasteiger partial charge in [-0.25, -0.2) is 14.5 Å². The van der Waals surface area contributed by atoms with Crippen LogP contribution in [0, 0.1) is 20.8 Å². The number of hydrogen-bond donors (Lipinski definition) is 2. The highest BCUT2D eigenvalue weighted by molar-refractivity contribution is 5.98. The summed E-state index contributed by atoms with van der Waals surface area (Å²) in [6, 6.07) is 12.2. The van der Waals surface area contributed by atoms with E-state index in [1.807, 2.05) is 39.0 Å². The van der Waals surface area contributed by atoms with Crippen LogP contribution in [0.4, 0.5) is 10.5 Å². The van der Waals surface area contributed by atoms with Gasteiger partial charge in [0.2, 0.25) is 0 Å². The zero-order valence-corrected chi connectivity index (χ0v) is 16.9. The van der Waals surface area contributed by atoms with E-state index in [9.17, 15) is 9.59 Å². The SMILES string of the molecule is CCOc1ccc(NC(=O)/N=C/c2c(C)[nH]n(-c3ccc(C)c(C)c3)c2=O)cc1. The van der Waals surface area contributed by atoms with E-state index < -0.39 is 6.03 Å². The van der Waals surface area contributed by atoms with Crippen LogP contribution in [-0.2, 0) is 0 Å². The average molecular weight is 392 g/mol. The summed E-state index contributed by atoms with van der Waals surface area (Å²) in [6.45, 7) is 8.26. The van der Waals surface area contributed by atoms with Crippen LogP contribution >= 0.6 is 0 Å². The number of urea groups is 1. The number of H-pyrrole nitrogens is 1.